The lowest BCUT2D eigenvalue weighted by atomic mass is 9.83. The average Bonchev–Trinajstić information content (AvgIpc) is 2.41. The zero-order valence-corrected chi connectivity index (χ0v) is 10.9. The van der Waals surface area contributed by atoms with Crippen LogP contribution in [0.2, 0.25) is 0 Å². The highest BCUT2D eigenvalue weighted by Crippen LogP contribution is 2.31. The van der Waals surface area contributed by atoms with Crippen LogP contribution in [0.5, 0.6) is 0 Å². The molecule has 1 aromatic rings. The van der Waals surface area contributed by atoms with Crippen LogP contribution in [-0.4, -0.2) is 12.6 Å². The third-order valence-corrected chi connectivity index (χ3v) is 3.38. The molecule has 0 bridgehead atoms. The third kappa shape index (κ3) is 3.22. The van der Waals surface area contributed by atoms with Crippen LogP contribution < -0.4 is 0 Å². The highest BCUT2D eigenvalue weighted by Gasteiger charge is 2.26. The monoisotopic (exact) mass is 244 g/mol. The van der Waals surface area contributed by atoms with Crippen LogP contribution in [0.3, 0.4) is 0 Å². The fourth-order valence-corrected chi connectivity index (χ4v) is 2.49. The van der Waals surface area contributed by atoms with Crippen LogP contribution >= 0.6 is 0 Å². The van der Waals surface area contributed by atoms with E-state index in [-0.39, 0.29) is 11.9 Å². The van der Waals surface area contributed by atoms with Gasteiger partial charge in [0, 0.05) is 0 Å². The van der Waals surface area contributed by atoms with Gasteiger partial charge in [0.2, 0.25) is 0 Å². The summed E-state index contributed by atoms with van der Waals surface area (Å²) in [5, 5.41) is 0. The van der Waals surface area contributed by atoms with Gasteiger partial charge in [-0.2, -0.15) is 0 Å². The van der Waals surface area contributed by atoms with Gasteiger partial charge in [0.05, 0.1) is 12.5 Å². The van der Waals surface area contributed by atoms with E-state index in [4.69, 9.17) is 4.74 Å². The number of carbonyl (C=O) groups is 1. The van der Waals surface area contributed by atoms with E-state index >= 15 is 0 Å². The SMILES string of the molecule is CCOC(=O)[C@@H]1CCCCC1=Cc1ccccc1. The molecule has 2 rings (SSSR count). The van der Waals surface area contributed by atoms with Gasteiger partial charge in [-0.15, -0.1) is 0 Å². The topological polar surface area (TPSA) is 26.3 Å². The lowest BCUT2D eigenvalue weighted by Crippen LogP contribution is -2.22. The molecule has 2 heteroatoms. The number of hydrogen-bond acceptors (Lipinski definition) is 2. The molecule has 0 heterocycles. The van der Waals surface area contributed by atoms with Crippen LogP contribution in [0, 0.1) is 5.92 Å². The Bertz CT molecular complexity index is 420. The number of carbonyl (C=O) groups excluding carboxylic acids is 1. The van der Waals surface area contributed by atoms with Crippen molar-refractivity contribution >= 4 is 12.0 Å². The number of rotatable bonds is 3. The molecule has 1 fully saturated rings. The number of esters is 1. The van der Waals surface area contributed by atoms with Crippen molar-refractivity contribution in [1.82, 2.24) is 0 Å². The summed E-state index contributed by atoms with van der Waals surface area (Å²) >= 11 is 0. The minimum Gasteiger partial charge on any atom is -0.466 e. The van der Waals surface area contributed by atoms with E-state index in [9.17, 15) is 4.79 Å². The normalized spacial score (nSPS) is 21.8. The van der Waals surface area contributed by atoms with E-state index in [0.29, 0.717) is 6.61 Å². The fraction of sp³-hybridized carbons (Fsp3) is 0.438. The highest BCUT2D eigenvalue weighted by molar-refractivity contribution is 5.78. The second-order valence-corrected chi connectivity index (χ2v) is 4.68. The molecule has 0 N–H and O–H groups in total. The molecule has 18 heavy (non-hydrogen) atoms. The quantitative estimate of drug-likeness (QED) is 0.755. The van der Waals surface area contributed by atoms with Gasteiger partial charge >= 0.3 is 5.97 Å². The largest absolute Gasteiger partial charge is 0.466 e. The first kappa shape index (κ1) is 12.9. The fourth-order valence-electron chi connectivity index (χ4n) is 2.49. The summed E-state index contributed by atoms with van der Waals surface area (Å²) in [5.41, 5.74) is 2.40. The van der Waals surface area contributed by atoms with Crippen LogP contribution in [0.1, 0.15) is 38.2 Å². The smallest absolute Gasteiger partial charge is 0.313 e. The molecule has 0 aromatic heterocycles. The maximum atomic E-state index is 11.9. The van der Waals surface area contributed by atoms with Crippen molar-refractivity contribution in [3.8, 4) is 0 Å². The van der Waals surface area contributed by atoms with Crippen molar-refractivity contribution < 1.29 is 9.53 Å². The average molecular weight is 244 g/mol. The van der Waals surface area contributed by atoms with Crippen molar-refractivity contribution in [2.24, 2.45) is 5.92 Å². The van der Waals surface area contributed by atoms with Gasteiger partial charge < -0.3 is 4.74 Å². The van der Waals surface area contributed by atoms with Crippen molar-refractivity contribution in [2.45, 2.75) is 32.6 Å². The van der Waals surface area contributed by atoms with Gasteiger partial charge in [-0.05, 0) is 31.7 Å². The molecule has 1 aromatic carbocycles. The van der Waals surface area contributed by atoms with E-state index in [1.807, 2.05) is 25.1 Å². The van der Waals surface area contributed by atoms with Gasteiger partial charge in [-0.3, -0.25) is 4.79 Å². The number of hydrogen-bond donors (Lipinski definition) is 0. The Balaban J connectivity index is 2.17. The van der Waals surface area contributed by atoms with Crippen molar-refractivity contribution in [1.29, 1.82) is 0 Å². The van der Waals surface area contributed by atoms with Crippen molar-refractivity contribution in [3.05, 3.63) is 41.5 Å². The molecule has 2 nitrogen and oxygen atoms in total. The summed E-state index contributed by atoms with van der Waals surface area (Å²) in [6.45, 7) is 2.33. The van der Waals surface area contributed by atoms with Gasteiger partial charge in [0.1, 0.15) is 0 Å². The molecule has 0 saturated heterocycles. The summed E-state index contributed by atoms with van der Waals surface area (Å²) in [5.74, 6) is -0.0849. The number of benzene rings is 1. The predicted octanol–water partition coefficient (Wildman–Crippen LogP) is 3.82. The summed E-state index contributed by atoms with van der Waals surface area (Å²) in [6, 6.07) is 10.2. The molecule has 0 amide bonds. The van der Waals surface area contributed by atoms with Crippen LogP contribution in [0.25, 0.3) is 6.08 Å². The Hall–Kier alpha value is -1.57. The Labute approximate surface area is 109 Å². The second-order valence-electron chi connectivity index (χ2n) is 4.68. The summed E-state index contributed by atoms with van der Waals surface area (Å²) in [7, 11) is 0. The maximum absolute atomic E-state index is 11.9. The number of ether oxygens (including phenoxy) is 1. The Morgan fingerprint density at radius 3 is 2.83 bits per heavy atom. The van der Waals surface area contributed by atoms with E-state index < -0.39 is 0 Å². The van der Waals surface area contributed by atoms with Gasteiger partial charge in [0.25, 0.3) is 0 Å². The first-order chi connectivity index (χ1) is 8.81. The summed E-state index contributed by atoms with van der Waals surface area (Å²) < 4.78 is 5.17. The summed E-state index contributed by atoms with van der Waals surface area (Å²) in [4.78, 5) is 11.9. The van der Waals surface area contributed by atoms with E-state index in [1.165, 1.54) is 17.6 Å². The van der Waals surface area contributed by atoms with Gasteiger partial charge in [-0.1, -0.05) is 48.4 Å². The molecule has 1 aliphatic carbocycles. The highest BCUT2D eigenvalue weighted by atomic mass is 16.5. The zero-order valence-electron chi connectivity index (χ0n) is 10.9. The minimum absolute atomic E-state index is 0.0288. The molecular weight excluding hydrogens is 224 g/mol. The maximum Gasteiger partial charge on any atom is 0.313 e. The van der Waals surface area contributed by atoms with Crippen LogP contribution in [-0.2, 0) is 9.53 Å². The molecule has 0 unspecified atom stereocenters. The zero-order chi connectivity index (χ0) is 12.8. The Kier molecular flexibility index (Phi) is 4.57. The van der Waals surface area contributed by atoms with E-state index in [2.05, 4.69) is 18.2 Å². The molecular formula is C16H20O2. The van der Waals surface area contributed by atoms with Crippen molar-refractivity contribution in [3.63, 3.8) is 0 Å². The molecule has 1 saturated carbocycles. The predicted molar refractivity (Wildman–Crippen MR) is 73.0 cm³/mol. The van der Waals surface area contributed by atoms with Crippen molar-refractivity contribution in [2.75, 3.05) is 6.61 Å². The second kappa shape index (κ2) is 6.39. The van der Waals surface area contributed by atoms with E-state index in [0.717, 1.165) is 19.3 Å². The molecule has 1 aliphatic rings. The summed E-state index contributed by atoms with van der Waals surface area (Å²) in [6.07, 6.45) is 6.39. The first-order valence-electron chi connectivity index (χ1n) is 6.73. The van der Waals surface area contributed by atoms with Gasteiger partial charge in [-0.25, -0.2) is 0 Å². The van der Waals surface area contributed by atoms with Crippen LogP contribution in [0.4, 0.5) is 0 Å². The molecule has 0 aliphatic heterocycles. The molecule has 1 atom stereocenters. The third-order valence-electron chi connectivity index (χ3n) is 3.38. The molecule has 96 valence electrons. The Morgan fingerprint density at radius 2 is 2.11 bits per heavy atom. The van der Waals surface area contributed by atoms with Gasteiger partial charge in [0.15, 0.2) is 0 Å². The Morgan fingerprint density at radius 1 is 1.33 bits per heavy atom. The minimum atomic E-state index is -0.0561. The van der Waals surface area contributed by atoms with Crippen LogP contribution in [0.15, 0.2) is 35.9 Å². The lowest BCUT2D eigenvalue weighted by Gasteiger charge is -2.23. The molecule has 0 radical (unpaired) electrons. The first-order valence-corrected chi connectivity index (χ1v) is 6.73. The molecule has 0 spiro atoms. The van der Waals surface area contributed by atoms with E-state index in [1.54, 1.807) is 0 Å². The standard InChI is InChI=1S/C16H20O2/c1-2-18-16(17)15-11-7-6-10-14(15)12-13-8-4-3-5-9-13/h3-5,8-9,12,15H,2,6-7,10-11H2,1H3/t15-/m1/s1. The lowest BCUT2D eigenvalue weighted by molar-refractivity contribution is -0.147.